The average Bonchev–Trinajstić information content (AvgIpc) is 2.63. The molecule has 130 valence electrons. The van der Waals surface area contributed by atoms with Crippen molar-refractivity contribution in [2.45, 2.75) is 13.0 Å². The molecule has 0 radical (unpaired) electrons. The minimum absolute atomic E-state index is 0.241. The lowest BCUT2D eigenvalue weighted by molar-refractivity contribution is 0.414. The van der Waals surface area contributed by atoms with Crippen molar-refractivity contribution in [2.75, 3.05) is 12.4 Å². The van der Waals surface area contributed by atoms with Gasteiger partial charge in [-0.05, 0) is 48.4 Å². The standard InChI is InChI=1S/C19H17N5O2/c1-26-13-3-4-14-11(8-13)6-7-24-17(14)10-18(21-19(24)25)20-12-2-5-15-16(9-12)23-22-15/h2-5,8-10,22-23H,6-7H2,1H3,(H,20,21,25). The highest BCUT2D eigenvalue weighted by Crippen LogP contribution is 2.32. The van der Waals surface area contributed by atoms with Crippen LogP contribution in [-0.4, -0.2) is 26.9 Å². The van der Waals surface area contributed by atoms with Crippen molar-refractivity contribution in [1.29, 1.82) is 0 Å². The molecule has 0 spiro atoms. The lowest BCUT2D eigenvalue weighted by Gasteiger charge is -2.22. The normalized spacial score (nSPS) is 12.7. The van der Waals surface area contributed by atoms with E-state index < -0.39 is 0 Å². The third-order valence-corrected chi connectivity index (χ3v) is 4.83. The molecule has 2 aromatic heterocycles. The summed E-state index contributed by atoms with van der Waals surface area (Å²) in [6, 6.07) is 13.8. The number of hydrogen-bond acceptors (Lipinski definition) is 4. The van der Waals surface area contributed by atoms with E-state index in [9.17, 15) is 4.79 Å². The molecule has 0 unspecified atom stereocenters. The molecule has 0 atom stereocenters. The number of methoxy groups -OCH3 is 1. The molecule has 3 heterocycles. The van der Waals surface area contributed by atoms with Gasteiger partial charge in [-0.25, -0.2) is 4.79 Å². The summed E-state index contributed by atoms with van der Waals surface area (Å²) in [5.41, 5.74) is 5.80. The summed E-state index contributed by atoms with van der Waals surface area (Å²) >= 11 is 0. The van der Waals surface area contributed by atoms with Crippen LogP contribution in [0.25, 0.3) is 22.3 Å². The van der Waals surface area contributed by atoms with Crippen LogP contribution in [0.4, 0.5) is 11.5 Å². The summed E-state index contributed by atoms with van der Waals surface area (Å²) in [4.78, 5) is 16.7. The zero-order valence-corrected chi connectivity index (χ0v) is 14.2. The zero-order chi connectivity index (χ0) is 17.7. The van der Waals surface area contributed by atoms with Gasteiger partial charge in [-0.1, -0.05) is 0 Å². The molecule has 26 heavy (non-hydrogen) atoms. The zero-order valence-electron chi connectivity index (χ0n) is 14.2. The van der Waals surface area contributed by atoms with Crippen LogP contribution in [0.2, 0.25) is 0 Å². The molecule has 5 rings (SSSR count). The molecular weight excluding hydrogens is 330 g/mol. The highest BCUT2D eigenvalue weighted by atomic mass is 16.5. The molecule has 4 aromatic rings. The van der Waals surface area contributed by atoms with E-state index in [1.807, 2.05) is 42.5 Å². The Hall–Kier alpha value is -3.48. The summed E-state index contributed by atoms with van der Waals surface area (Å²) in [6.45, 7) is 0.621. The van der Waals surface area contributed by atoms with Crippen LogP contribution >= 0.6 is 0 Å². The van der Waals surface area contributed by atoms with Crippen molar-refractivity contribution in [2.24, 2.45) is 0 Å². The maximum absolute atomic E-state index is 12.5. The molecule has 1 aliphatic heterocycles. The number of anilines is 2. The van der Waals surface area contributed by atoms with E-state index >= 15 is 0 Å². The van der Waals surface area contributed by atoms with Gasteiger partial charge in [0, 0.05) is 23.9 Å². The molecule has 1 aliphatic rings. The fraction of sp³-hybridized carbons (Fsp3) is 0.158. The first-order valence-electron chi connectivity index (χ1n) is 8.43. The number of rotatable bonds is 3. The van der Waals surface area contributed by atoms with Gasteiger partial charge < -0.3 is 10.1 Å². The summed E-state index contributed by atoms with van der Waals surface area (Å²) in [6.07, 6.45) is 0.789. The quantitative estimate of drug-likeness (QED) is 0.531. The molecule has 0 aliphatic carbocycles. The van der Waals surface area contributed by atoms with Crippen molar-refractivity contribution in [3.05, 3.63) is 58.5 Å². The van der Waals surface area contributed by atoms with Crippen molar-refractivity contribution in [3.8, 4) is 17.0 Å². The van der Waals surface area contributed by atoms with Gasteiger partial charge in [0.05, 0.1) is 23.8 Å². The lowest BCUT2D eigenvalue weighted by Crippen LogP contribution is -2.28. The second-order valence-corrected chi connectivity index (χ2v) is 6.37. The Morgan fingerprint density at radius 3 is 2.77 bits per heavy atom. The maximum atomic E-state index is 12.5. The van der Waals surface area contributed by atoms with Gasteiger partial charge in [0.1, 0.15) is 11.6 Å². The van der Waals surface area contributed by atoms with Gasteiger partial charge in [-0.2, -0.15) is 4.98 Å². The Labute approximate surface area is 148 Å². The molecule has 2 aromatic carbocycles. The second-order valence-electron chi connectivity index (χ2n) is 6.37. The van der Waals surface area contributed by atoms with Gasteiger partial charge in [0.2, 0.25) is 0 Å². The van der Waals surface area contributed by atoms with E-state index in [-0.39, 0.29) is 5.69 Å². The van der Waals surface area contributed by atoms with Crippen molar-refractivity contribution in [3.63, 3.8) is 0 Å². The fourth-order valence-electron chi connectivity index (χ4n) is 3.45. The first kappa shape index (κ1) is 14.8. The summed E-state index contributed by atoms with van der Waals surface area (Å²) in [5.74, 6) is 1.37. The first-order chi connectivity index (χ1) is 12.7. The van der Waals surface area contributed by atoms with E-state index in [0.717, 1.165) is 40.1 Å². The van der Waals surface area contributed by atoms with E-state index in [2.05, 4.69) is 20.5 Å². The van der Waals surface area contributed by atoms with Crippen LogP contribution < -0.4 is 15.7 Å². The van der Waals surface area contributed by atoms with Gasteiger partial charge in [0.25, 0.3) is 0 Å². The molecule has 0 bridgehead atoms. The monoisotopic (exact) mass is 347 g/mol. The van der Waals surface area contributed by atoms with Crippen LogP contribution in [0, 0.1) is 0 Å². The number of aryl methyl sites for hydroxylation is 1. The van der Waals surface area contributed by atoms with Gasteiger partial charge in [-0.15, -0.1) is 0 Å². The first-order valence-corrected chi connectivity index (χ1v) is 8.43. The topological polar surface area (TPSA) is 87.7 Å². The van der Waals surface area contributed by atoms with Gasteiger partial charge >= 0.3 is 5.69 Å². The van der Waals surface area contributed by atoms with Crippen molar-refractivity contribution in [1.82, 2.24) is 19.7 Å². The van der Waals surface area contributed by atoms with Gasteiger partial charge in [-0.3, -0.25) is 14.8 Å². The predicted molar refractivity (Wildman–Crippen MR) is 100 cm³/mol. The van der Waals surface area contributed by atoms with E-state index in [1.54, 1.807) is 11.7 Å². The predicted octanol–water partition coefficient (Wildman–Crippen LogP) is 3.03. The number of benzene rings is 2. The summed E-state index contributed by atoms with van der Waals surface area (Å²) < 4.78 is 7.04. The van der Waals surface area contributed by atoms with Crippen LogP contribution in [0.5, 0.6) is 5.75 Å². The van der Waals surface area contributed by atoms with Crippen LogP contribution in [0.15, 0.2) is 47.3 Å². The number of aromatic nitrogens is 4. The smallest absolute Gasteiger partial charge is 0.350 e. The number of fused-ring (bicyclic) bond motifs is 4. The van der Waals surface area contributed by atoms with E-state index in [0.29, 0.717) is 12.4 Å². The molecule has 0 saturated carbocycles. The summed E-state index contributed by atoms with van der Waals surface area (Å²) in [5, 5.41) is 9.24. The van der Waals surface area contributed by atoms with Crippen molar-refractivity contribution < 1.29 is 4.74 Å². The highest BCUT2D eigenvalue weighted by molar-refractivity contribution is 5.81. The molecule has 0 amide bonds. The molecule has 7 heteroatoms. The third-order valence-electron chi connectivity index (χ3n) is 4.83. The van der Waals surface area contributed by atoms with E-state index in [4.69, 9.17) is 4.74 Å². The van der Waals surface area contributed by atoms with Gasteiger partial charge in [0.15, 0.2) is 0 Å². The Kier molecular flexibility index (Phi) is 3.15. The molecule has 0 fully saturated rings. The number of H-pyrrole nitrogens is 2. The molecule has 3 N–H and O–H groups in total. The Balaban J connectivity index is 1.57. The molecular formula is C19H17N5O2. The van der Waals surface area contributed by atoms with E-state index in [1.165, 1.54) is 5.56 Å². The maximum Gasteiger partial charge on any atom is 0.350 e. The number of aromatic amines is 2. The van der Waals surface area contributed by atoms with Crippen LogP contribution in [0.3, 0.4) is 0 Å². The Morgan fingerprint density at radius 2 is 2.00 bits per heavy atom. The fourth-order valence-corrected chi connectivity index (χ4v) is 3.45. The Morgan fingerprint density at radius 1 is 1.12 bits per heavy atom. The number of nitrogens with zero attached hydrogens (tertiary/aromatic N) is 2. The average molecular weight is 347 g/mol. The number of nitrogens with one attached hydrogen (secondary N) is 3. The number of hydrogen-bond donors (Lipinski definition) is 3. The largest absolute Gasteiger partial charge is 0.497 e. The minimum atomic E-state index is -0.241. The third kappa shape index (κ3) is 2.28. The minimum Gasteiger partial charge on any atom is -0.497 e. The van der Waals surface area contributed by atoms with Crippen molar-refractivity contribution >= 4 is 22.5 Å². The van der Waals surface area contributed by atoms with Crippen LogP contribution in [-0.2, 0) is 13.0 Å². The molecule has 7 nitrogen and oxygen atoms in total. The second kappa shape index (κ2) is 5.52. The van der Waals surface area contributed by atoms with Crippen LogP contribution in [0.1, 0.15) is 5.56 Å². The highest BCUT2D eigenvalue weighted by Gasteiger charge is 2.19. The lowest BCUT2D eigenvalue weighted by atomic mass is 9.97. The summed E-state index contributed by atoms with van der Waals surface area (Å²) in [7, 11) is 1.66. The number of ether oxygens (including phenoxy) is 1. The Bertz CT molecular complexity index is 1180. The molecule has 0 saturated heterocycles. The SMILES string of the molecule is COc1ccc2c(c1)CCn1c-2cc(Nc2ccc3[nH][nH]c3c2)nc1=O.